The van der Waals surface area contributed by atoms with Gasteiger partial charge in [-0.25, -0.2) is 4.98 Å². The standard InChI is InChI=1S/C23H27N3OS/c1-15-25-19-12-18(20(27-2)13-21(19)28-15)14-24-22-16-8-10-26(11-9-16)23(22)17-6-4-3-5-7-17/h3-7,12-13,16,22-24H,8-11,14H2,1-2H3/t22-,23+/m0/s1. The van der Waals surface area contributed by atoms with Crippen molar-refractivity contribution in [3.8, 4) is 5.75 Å². The van der Waals surface area contributed by atoms with Crippen molar-refractivity contribution >= 4 is 21.6 Å². The maximum absolute atomic E-state index is 5.70. The molecule has 146 valence electrons. The fourth-order valence-electron chi connectivity index (χ4n) is 5.06. The van der Waals surface area contributed by atoms with Crippen LogP contribution >= 0.6 is 11.3 Å². The van der Waals surface area contributed by atoms with Gasteiger partial charge < -0.3 is 10.1 Å². The van der Waals surface area contributed by atoms with Crippen LogP contribution in [0.5, 0.6) is 5.75 Å². The smallest absolute Gasteiger partial charge is 0.124 e. The van der Waals surface area contributed by atoms with E-state index in [4.69, 9.17) is 4.74 Å². The molecule has 0 amide bonds. The van der Waals surface area contributed by atoms with Crippen molar-refractivity contribution in [2.45, 2.75) is 38.4 Å². The Labute approximate surface area is 170 Å². The first-order valence-corrected chi connectivity index (χ1v) is 11.0. The number of benzene rings is 2. The first-order valence-electron chi connectivity index (χ1n) is 10.2. The van der Waals surface area contributed by atoms with Gasteiger partial charge >= 0.3 is 0 Å². The zero-order valence-corrected chi connectivity index (χ0v) is 17.3. The molecule has 3 fully saturated rings. The van der Waals surface area contributed by atoms with Gasteiger partial charge in [-0.05, 0) is 56.5 Å². The maximum Gasteiger partial charge on any atom is 0.124 e. The van der Waals surface area contributed by atoms with Crippen molar-refractivity contribution in [1.82, 2.24) is 15.2 Å². The summed E-state index contributed by atoms with van der Waals surface area (Å²) in [5.41, 5.74) is 3.71. The molecule has 1 aromatic heterocycles. The lowest BCUT2D eigenvalue weighted by atomic mass is 9.76. The number of fused-ring (bicyclic) bond motifs is 4. The molecule has 5 heteroatoms. The number of piperidine rings is 3. The second-order valence-corrected chi connectivity index (χ2v) is 9.24. The number of hydrogen-bond donors (Lipinski definition) is 1. The Morgan fingerprint density at radius 1 is 1.18 bits per heavy atom. The number of ether oxygens (including phenoxy) is 1. The molecule has 3 saturated heterocycles. The molecule has 4 nitrogen and oxygen atoms in total. The largest absolute Gasteiger partial charge is 0.496 e. The van der Waals surface area contributed by atoms with Crippen molar-refractivity contribution in [2.24, 2.45) is 5.92 Å². The average molecular weight is 394 g/mol. The molecule has 1 N–H and O–H groups in total. The summed E-state index contributed by atoms with van der Waals surface area (Å²) in [5, 5.41) is 5.02. The Balaban J connectivity index is 1.42. The van der Waals surface area contributed by atoms with Crippen LogP contribution in [0, 0.1) is 12.8 Å². The molecular formula is C23H27N3OS. The second-order valence-electron chi connectivity index (χ2n) is 8.00. The molecule has 6 rings (SSSR count). The molecule has 2 aromatic carbocycles. The van der Waals surface area contributed by atoms with Crippen LogP contribution in [0.15, 0.2) is 42.5 Å². The third-order valence-electron chi connectivity index (χ3n) is 6.38. The highest BCUT2D eigenvalue weighted by atomic mass is 32.1. The first-order chi connectivity index (χ1) is 13.7. The highest BCUT2D eigenvalue weighted by molar-refractivity contribution is 7.18. The predicted molar refractivity (Wildman–Crippen MR) is 115 cm³/mol. The number of rotatable bonds is 5. The van der Waals surface area contributed by atoms with Crippen LogP contribution < -0.4 is 10.1 Å². The zero-order valence-electron chi connectivity index (χ0n) is 16.5. The van der Waals surface area contributed by atoms with Crippen LogP contribution in [-0.2, 0) is 6.54 Å². The SMILES string of the molecule is COc1cc2sc(C)nc2cc1CN[C@H]1C2CCN(CC2)[C@@H]1c1ccccc1. The van der Waals surface area contributed by atoms with E-state index in [0.717, 1.165) is 28.7 Å². The third-order valence-corrected chi connectivity index (χ3v) is 7.32. The number of hydrogen-bond acceptors (Lipinski definition) is 5. The van der Waals surface area contributed by atoms with Gasteiger partial charge in [0, 0.05) is 18.2 Å². The number of aromatic nitrogens is 1. The van der Waals surface area contributed by atoms with E-state index in [1.54, 1.807) is 18.4 Å². The molecule has 0 radical (unpaired) electrons. The maximum atomic E-state index is 5.70. The summed E-state index contributed by atoms with van der Waals surface area (Å²) in [6.07, 6.45) is 2.59. The molecule has 3 aliphatic rings. The van der Waals surface area contributed by atoms with E-state index in [1.807, 2.05) is 0 Å². The monoisotopic (exact) mass is 393 g/mol. The molecule has 0 aliphatic carbocycles. The van der Waals surface area contributed by atoms with Gasteiger partial charge in [-0.15, -0.1) is 11.3 Å². The van der Waals surface area contributed by atoms with E-state index in [-0.39, 0.29) is 0 Å². The normalized spacial score (nSPS) is 26.6. The van der Waals surface area contributed by atoms with E-state index in [0.29, 0.717) is 12.1 Å². The highest BCUT2D eigenvalue weighted by Crippen LogP contribution is 2.41. The van der Waals surface area contributed by atoms with Crippen molar-refractivity contribution in [3.63, 3.8) is 0 Å². The van der Waals surface area contributed by atoms with E-state index >= 15 is 0 Å². The molecule has 3 aromatic rings. The molecule has 2 bridgehead atoms. The molecule has 0 unspecified atom stereocenters. The van der Waals surface area contributed by atoms with Crippen molar-refractivity contribution < 1.29 is 4.74 Å². The minimum atomic E-state index is 0.463. The molecule has 28 heavy (non-hydrogen) atoms. The summed E-state index contributed by atoms with van der Waals surface area (Å²) in [6, 6.07) is 16.3. The fourth-order valence-corrected chi connectivity index (χ4v) is 5.90. The van der Waals surface area contributed by atoms with Gasteiger partial charge in [-0.1, -0.05) is 30.3 Å². The highest BCUT2D eigenvalue weighted by Gasteiger charge is 2.42. The van der Waals surface area contributed by atoms with Gasteiger partial charge in [0.15, 0.2) is 0 Å². The van der Waals surface area contributed by atoms with Gasteiger partial charge in [0.05, 0.1) is 28.4 Å². The Kier molecular flexibility index (Phi) is 4.83. The predicted octanol–water partition coefficient (Wildman–Crippen LogP) is 4.54. The average Bonchev–Trinajstić information content (AvgIpc) is 3.11. The Morgan fingerprint density at radius 2 is 1.96 bits per heavy atom. The number of aryl methyl sites for hydroxylation is 1. The Hall–Kier alpha value is -1.95. The van der Waals surface area contributed by atoms with Crippen LogP contribution in [0.2, 0.25) is 0 Å². The lowest BCUT2D eigenvalue weighted by molar-refractivity contribution is 0.0112. The summed E-state index contributed by atoms with van der Waals surface area (Å²) in [4.78, 5) is 7.34. The van der Waals surface area contributed by atoms with Crippen molar-refractivity contribution in [3.05, 3.63) is 58.6 Å². The topological polar surface area (TPSA) is 37.4 Å². The van der Waals surface area contributed by atoms with Crippen molar-refractivity contribution in [1.29, 1.82) is 0 Å². The van der Waals surface area contributed by atoms with Gasteiger partial charge in [-0.2, -0.15) is 0 Å². The fraction of sp³-hybridized carbons (Fsp3) is 0.435. The Bertz CT molecular complexity index is 963. The number of nitrogens with zero attached hydrogens (tertiary/aromatic N) is 2. The van der Waals surface area contributed by atoms with E-state index in [2.05, 4.69) is 64.6 Å². The Morgan fingerprint density at radius 3 is 2.71 bits per heavy atom. The number of thiazole rings is 1. The van der Waals surface area contributed by atoms with Gasteiger partial charge in [-0.3, -0.25) is 4.90 Å². The zero-order chi connectivity index (χ0) is 19.1. The lowest BCUT2D eigenvalue weighted by Gasteiger charge is -2.51. The van der Waals surface area contributed by atoms with Crippen LogP contribution in [0.1, 0.15) is 35.0 Å². The van der Waals surface area contributed by atoms with E-state index in [1.165, 1.54) is 41.8 Å². The molecular weight excluding hydrogens is 366 g/mol. The molecule has 0 saturated carbocycles. The quantitative estimate of drug-likeness (QED) is 0.691. The minimum Gasteiger partial charge on any atom is -0.496 e. The molecule has 2 atom stereocenters. The summed E-state index contributed by atoms with van der Waals surface area (Å²) in [5.74, 6) is 1.70. The van der Waals surface area contributed by atoms with Gasteiger partial charge in [0.2, 0.25) is 0 Å². The van der Waals surface area contributed by atoms with Crippen LogP contribution in [0.3, 0.4) is 0 Å². The van der Waals surface area contributed by atoms with Gasteiger partial charge in [0.1, 0.15) is 5.75 Å². The minimum absolute atomic E-state index is 0.463. The third kappa shape index (κ3) is 3.21. The van der Waals surface area contributed by atoms with Crippen LogP contribution in [0.4, 0.5) is 0 Å². The van der Waals surface area contributed by atoms with Crippen LogP contribution in [0.25, 0.3) is 10.2 Å². The molecule has 4 heterocycles. The summed E-state index contributed by atoms with van der Waals surface area (Å²) >= 11 is 1.73. The summed E-state index contributed by atoms with van der Waals surface area (Å²) in [7, 11) is 1.76. The summed E-state index contributed by atoms with van der Waals surface area (Å²) in [6.45, 7) is 5.31. The van der Waals surface area contributed by atoms with E-state index in [9.17, 15) is 0 Å². The van der Waals surface area contributed by atoms with Crippen LogP contribution in [-0.4, -0.2) is 36.1 Å². The van der Waals surface area contributed by atoms with Gasteiger partial charge in [0.25, 0.3) is 0 Å². The lowest BCUT2D eigenvalue weighted by Crippen LogP contribution is -2.57. The molecule has 0 spiro atoms. The van der Waals surface area contributed by atoms with E-state index < -0.39 is 0 Å². The number of nitrogens with one attached hydrogen (secondary N) is 1. The number of methoxy groups -OCH3 is 1. The molecule has 3 aliphatic heterocycles. The summed E-state index contributed by atoms with van der Waals surface area (Å²) < 4.78 is 6.90. The van der Waals surface area contributed by atoms with Crippen molar-refractivity contribution in [2.75, 3.05) is 20.2 Å². The second kappa shape index (κ2) is 7.47. The first kappa shape index (κ1) is 18.1.